The summed E-state index contributed by atoms with van der Waals surface area (Å²) in [5.41, 5.74) is 3.12. The lowest BCUT2D eigenvalue weighted by Crippen LogP contribution is -2.21. The molecule has 0 radical (unpaired) electrons. The van der Waals surface area contributed by atoms with E-state index < -0.39 is 0 Å². The summed E-state index contributed by atoms with van der Waals surface area (Å²) in [6.45, 7) is 0. The number of nitrogens with zero attached hydrogens (tertiary/aromatic N) is 1. The van der Waals surface area contributed by atoms with Gasteiger partial charge >= 0.3 is 0 Å². The van der Waals surface area contributed by atoms with Gasteiger partial charge in [-0.3, -0.25) is 4.79 Å². The molecule has 0 aliphatic heterocycles. The van der Waals surface area contributed by atoms with E-state index in [1.54, 1.807) is 16.0 Å². The fraction of sp³-hybridized carbons (Fsp3) is 0.696. The van der Waals surface area contributed by atoms with E-state index in [0.717, 1.165) is 32.1 Å². The highest BCUT2D eigenvalue weighted by Crippen LogP contribution is 2.48. The van der Waals surface area contributed by atoms with Crippen LogP contribution in [-0.4, -0.2) is 36.1 Å². The minimum Gasteiger partial charge on any atom is -0.392 e. The van der Waals surface area contributed by atoms with E-state index in [4.69, 9.17) is 0 Å². The molecule has 3 nitrogen and oxygen atoms in total. The number of aliphatic hydroxyl groups is 1. The molecule has 0 bridgehead atoms. The first kappa shape index (κ1) is 19.4. The molecule has 0 heterocycles. The van der Waals surface area contributed by atoms with E-state index in [9.17, 15) is 9.90 Å². The van der Waals surface area contributed by atoms with Gasteiger partial charge in [0.1, 0.15) is 0 Å². The van der Waals surface area contributed by atoms with Gasteiger partial charge in [-0.15, -0.1) is 0 Å². The van der Waals surface area contributed by atoms with Gasteiger partial charge in [0.25, 0.3) is 0 Å². The van der Waals surface area contributed by atoms with Gasteiger partial charge in [-0.05, 0) is 69.6 Å². The number of hydrogen-bond acceptors (Lipinski definition) is 2. The summed E-state index contributed by atoms with van der Waals surface area (Å²) in [5.74, 6) is 1.67. The van der Waals surface area contributed by atoms with Gasteiger partial charge in [0, 0.05) is 26.4 Å². The Morgan fingerprint density at radius 1 is 1.27 bits per heavy atom. The van der Waals surface area contributed by atoms with Crippen molar-refractivity contribution in [2.24, 2.45) is 17.8 Å². The third-order valence-corrected chi connectivity index (χ3v) is 6.50. The number of rotatable bonds is 7. The van der Waals surface area contributed by atoms with E-state index >= 15 is 0 Å². The minimum atomic E-state index is -0.182. The van der Waals surface area contributed by atoms with Crippen LogP contribution in [0.2, 0.25) is 0 Å². The van der Waals surface area contributed by atoms with Crippen molar-refractivity contribution in [2.75, 3.05) is 14.1 Å². The summed E-state index contributed by atoms with van der Waals surface area (Å²) in [6.07, 6.45) is 20.1. The maximum atomic E-state index is 11.6. The van der Waals surface area contributed by atoms with Crippen LogP contribution in [0.15, 0.2) is 35.5 Å². The molecule has 0 aromatic rings. The van der Waals surface area contributed by atoms with E-state index in [-0.39, 0.29) is 12.0 Å². The number of fused-ring (bicyclic) bond motifs is 1. The van der Waals surface area contributed by atoms with Crippen LogP contribution >= 0.6 is 0 Å². The number of carbonyl (C=O) groups is 1. The Balaban J connectivity index is 1.45. The number of carbonyl (C=O) groups excluding carboxylic acids is 1. The van der Waals surface area contributed by atoms with Gasteiger partial charge in [-0.1, -0.05) is 35.5 Å². The molecule has 2 saturated carbocycles. The summed E-state index contributed by atoms with van der Waals surface area (Å²) in [7, 11) is 3.65. The third-order valence-electron chi connectivity index (χ3n) is 6.50. The summed E-state index contributed by atoms with van der Waals surface area (Å²) < 4.78 is 0. The third kappa shape index (κ3) is 4.88. The first-order chi connectivity index (χ1) is 12.5. The van der Waals surface area contributed by atoms with Crippen molar-refractivity contribution < 1.29 is 9.90 Å². The molecule has 0 unspecified atom stereocenters. The van der Waals surface area contributed by atoms with Crippen molar-refractivity contribution in [3.8, 4) is 0 Å². The standard InChI is InChI=1S/C23H35NO2/c1-24(2)23(26)13-6-5-10-18-14-19-16-22(25)20(21(19)15-18)12-7-11-17-8-3-4-9-17/h7,11-12,14,19-22,25H,3-6,8-10,13,15-16H2,1-2H3/b12-7+/t19-,20+,21-,22+/m0/s1. The second kappa shape index (κ2) is 9.03. The zero-order valence-electron chi connectivity index (χ0n) is 16.5. The predicted molar refractivity (Wildman–Crippen MR) is 107 cm³/mol. The summed E-state index contributed by atoms with van der Waals surface area (Å²) in [4.78, 5) is 13.3. The minimum absolute atomic E-state index is 0.182. The molecule has 0 aromatic heterocycles. The van der Waals surface area contributed by atoms with Crippen LogP contribution in [0.25, 0.3) is 0 Å². The summed E-state index contributed by atoms with van der Waals surface area (Å²) in [6, 6.07) is 0. The number of allylic oxidation sites excluding steroid dienone is 5. The van der Waals surface area contributed by atoms with Gasteiger partial charge in [0.15, 0.2) is 0 Å². The van der Waals surface area contributed by atoms with E-state index in [2.05, 4.69) is 24.3 Å². The Morgan fingerprint density at radius 2 is 2.04 bits per heavy atom. The van der Waals surface area contributed by atoms with E-state index in [1.807, 2.05) is 14.1 Å². The smallest absolute Gasteiger partial charge is 0.222 e. The van der Waals surface area contributed by atoms with Crippen LogP contribution in [0.5, 0.6) is 0 Å². The normalized spacial score (nSPS) is 30.7. The van der Waals surface area contributed by atoms with Crippen LogP contribution < -0.4 is 0 Å². The molecule has 1 N–H and O–H groups in total. The molecular weight excluding hydrogens is 322 g/mol. The molecule has 26 heavy (non-hydrogen) atoms. The molecule has 4 atom stereocenters. The Labute approximate surface area is 158 Å². The second-order valence-corrected chi connectivity index (χ2v) is 8.65. The second-order valence-electron chi connectivity index (χ2n) is 8.65. The van der Waals surface area contributed by atoms with Gasteiger partial charge < -0.3 is 10.0 Å². The average molecular weight is 358 g/mol. The van der Waals surface area contributed by atoms with Crippen LogP contribution in [0.4, 0.5) is 0 Å². The first-order valence-electron chi connectivity index (χ1n) is 10.5. The van der Waals surface area contributed by atoms with Crippen molar-refractivity contribution in [1.82, 2.24) is 4.90 Å². The van der Waals surface area contributed by atoms with Gasteiger partial charge in [0.2, 0.25) is 5.91 Å². The molecule has 3 rings (SSSR count). The van der Waals surface area contributed by atoms with E-state index in [0.29, 0.717) is 24.2 Å². The summed E-state index contributed by atoms with van der Waals surface area (Å²) in [5, 5.41) is 10.5. The number of aliphatic hydroxyl groups excluding tert-OH is 1. The zero-order chi connectivity index (χ0) is 18.5. The maximum Gasteiger partial charge on any atom is 0.222 e. The van der Waals surface area contributed by atoms with E-state index in [1.165, 1.54) is 25.7 Å². The fourth-order valence-corrected chi connectivity index (χ4v) is 4.96. The number of hydrogen-bond donors (Lipinski definition) is 1. The van der Waals surface area contributed by atoms with Gasteiger partial charge in [-0.2, -0.15) is 0 Å². The van der Waals surface area contributed by atoms with Crippen molar-refractivity contribution >= 4 is 5.91 Å². The van der Waals surface area contributed by atoms with Crippen LogP contribution in [-0.2, 0) is 4.79 Å². The van der Waals surface area contributed by atoms with Crippen molar-refractivity contribution in [3.63, 3.8) is 0 Å². The molecule has 3 aliphatic carbocycles. The molecule has 0 aromatic carbocycles. The molecular formula is C23H35NO2. The Bertz CT molecular complexity index is 579. The number of amides is 1. The van der Waals surface area contributed by atoms with Crippen molar-refractivity contribution in [3.05, 3.63) is 35.5 Å². The number of unbranched alkanes of at least 4 members (excludes halogenated alkanes) is 1. The Morgan fingerprint density at radius 3 is 2.77 bits per heavy atom. The molecule has 144 valence electrons. The molecule has 0 spiro atoms. The maximum absolute atomic E-state index is 11.6. The molecule has 1 amide bonds. The first-order valence-corrected chi connectivity index (χ1v) is 10.5. The van der Waals surface area contributed by atoms with Gasteiger partial charge in [0.05, 0.1) is 6.10 Å². The lowest BCUT2D eigenvalue weighted by Gasteiger charge is -2.18. The highest BCUT2D eigenvalue weighted by molar-refractivity contribution is 5.75. The molecule has 0 saturated heterocycles. The van der Waals surface area contributed by atoms with Crippen molar-refractivity contribution in [1.29, 1.82) is 0 Å². The molecule has 2 fully saturated rings. The quantitative estimate of drug-likeness (QED) is 0.533. The van der Waals surface area contributed by atoms with Crippen LogP contribution in [0.1, 0.15) is 64.2 Å². The highest BCUT2D eigenvalue weighted by atomic mass is 16.3. The molecule has 3 aliphatic rings. The zero-order valence-corrected chi connectivity index (χ0v) is 16.5. The predicted octanol–water partition coefficient (Wildman–Crippen LogP) is 4.63. The van der Waals surface area contributed by atoms with Crippen LogP contribution in [0.3, 0.4) is 0 Å². The topological polar surface area (TPSA) is 40.5 Å². The lowest BCUT2D eigenvalue weighted by molar-refractivity contribution is -0.128. The Kier molecular flexibility index (Phi) is 6.74. The van der Waals surface area contributed by atoms with Crippen LogP contribution in [0, 0.1) is 17.8 Å². The average Bonchev–Trinajstić information content (AvgIpc) is 3.30. The lowest BCUT2D eigenvalue weighted by atomic mass is 9.88. The monoisotopic (exact) mass is 357 g/mol. The fourth-order valence-electron chi connectivity index (χ4n) is 4.96. The highest BCUT2D eigenvalue weighted by Gasteiger charge is 2.43. The Hall–Kier alpha value is -1.35. The summed E-state index contributed by atoms with van der Waals surface area (Å²) >= 11 is 0. The largest absolute Gasteiger partial charge is 0.392 e. The van der Waals surface area contributed by atoms with Gasteiger partial charge in [-0.25, -0.2) is 0 Å². The molecule has 3 heteroatoms. The van der Waals surface area contributed by atoms with Crippen molar-refractivity contribution in [2.45, 2.75) is 70.3 Å². The SMILES string of the molecule is CN(C)C(=O)CCCCC1=C[C@H]2C[C@@H](O)[C@H](/C=C/C=C3CCCC3)[C@H]2C1.